The number of hydrazine groups is 1. The van der Waals surface area contributed by atoms with Crippen LogP contribution in [0.5, 0.6) is 11.5 Å². The molecule has 0 aliphatic heterocycles. The van der Waals surface area contributed by atoms with Gasteiger partial charge in [0.2, 0.25) is 5.91 Å². The Kier molecular flexibility index (Phi) is 5.89. The lowest BCUT2D eigenvalue weighted by Gasteiger charge is -2.22. The van der Waals surface area contributed by atoms with Gasteiger partial charge in [-0.15, -0.1) is 10.2 Å². The van der Waals surface area contributed by atoms with E-state index in [-0.39, 0.29) is 11.6 Å². The van der Waals surface area contributed by atoms with Gasteiger partial charge in [-0.1, -0.05) is 17.3 Å². The van der Waals surface area contributed by atoms with Gasteiger partial charge < -0.3 is 9.57 Å². The number of nitro groups is 1. The summed E-state index contributed by atoms with van der Waals surface area (Å²) >= 11 is 0. The SMILES string of the molecule is COc1ccc2c(ON(NC(C)=O)c3ncc(-c4cccc([N+](=O)[O-])c4)nn3)ccnc2c1. The van der Waals surface area contributed by atoms with Gasteiger partial charge in [0.25, 0.3) is 5.69 Å². The smallest absolute Gasteiger partial charge is 0.301 e. The van der Waals surface area contributed by atoms with E-state index >= 15 is 0 Å². The van der Waals surface area contributed by atoms with Crippen molar-refractivity contribution in [2.24, 2.45) is 0 Å². The molecule has 2 aromatic heterocycles. The highest BCUT2D eigenvalue weighted by Crippen LogP contribution is 2.28. The second-order valence-corrected chi connectivity index (χ2v) is 6.70. The van der Waals surface area contributed by atoms with Gasteiger partial charge in [0.15, 0.2) is 5.75 Å². The minimum Gasteiger partial charge on any atom is -0.497 e. The Balaban J connectivity index is 1.65. The number of nitrogens with zero attached hydrogens (tertiary/aromatic N) is 6. The molecule has 1 N–H and O–H groups in total. The van der Waals surface area contributed by atoms with Gasteiger partial charge in [-0.25, -0.2) is 10.4 Å². The van der Waals surface area contributed by atoms with Crippen LogP contribution in [0, 0.1) is 10.1 Å². The summed E-state index contributed by atoms with van der Waals surface area (Å²) < 4.78 is 5.22. The molecule has 0 spiro atoms. The number of carbonyl (C=O) groups is 1. The molecule has 12 nitrogen and oxygen atoms in total. The topological polar surface area (TPSA) is 146 Å². The molecule has 0 aliphatic rings. The molecule has 1 amide bonds. The molecule has 0 atom stereocenters. The monoisotopic (exact) mass is 447 g/mol. The van der Waals surface area contributed by atoms with Crippen molar-refractivity contribution >= 4 is 28.4 Å². The van der Waals surface area contributed by atoms with E-state index in [0.717, 1.165) is 5.17 Å². The van der Waals surface area contributed by atoms with Crippen molar-refractivity contribution in [1.29, 1.82) is 0 Å². The van der Waals surface area contributed by atoms with E-state index in [4.69, 9.17) is 9.57 Å². The van der Waals surface area contributed by atoms with Crippen molar-refractivity contribution in [3.63, 3.8) is 0 Å². The minimum absolute atomic E-state index is 0.0575. The molecule has 4 aromatic rings. The number of aromatic nitrogens is 4. The minimum atomic E-state index is -0.500. The first kappa shape index (κ1) is 21.4. The summed E-state index contributed by atoms with van der Waals surface area (Å²) in [6.45, 7) is 1.30. The van der Waals surface area contributed by atoms with Crippen LogP contribution in [0.4, 0.5) is 11.6 Å². The highest BCUT2D eigenvalue weighted by atomic mass is 16.7. The summed E-state index contributed by atoms with van der Waals surface area (Å²) in [5.74, 6) is 0.525. The number of nitro benzene ring substituents is 1. The highest BCUT2D eigenvalue weighted by Gasteiger charge is 2.17. The standard InChI is InChI=1S/C21H17N7O5/c1-13(29)26-27(33-20-8-9-22-18-11-16(32-2)6-7-17(18)20)21-23-12-19(24-25-21)14-4-3-5-15(10-14)28(30)31/h3-12H,1-2H3,(H,26,29). The number of methoxy groups -OCH3 is 1. The second kappa shape index (κ2) is 9.09. The average Bonchev–Trinajstić information content (AvgIpc) is 2.83. The molecule has 0 saturated carbocycles. The van der Waals surface area contributed by atoms with Crippen molar-refractivity contribution in [1.82, 2.24) is 25.6 Å². The quantitative estimate of drug-likeness (QED) is 0.331. The summed E-state index contributed by atoms with van der Waals surface area (Å²) in [7, 11) is 1.56. The molecular weight excluding hydrogens is 430 g/mol. The molecule has 0 bridgehead atoms. The molecule has 0 saturated heterocycles. The van der Waals surface area contributed by atoms with Crippen LogP contribution in [0.3, 0.4) is 0 Å². The predicted octanol–water partition coefficient (Wildman–Crippen LogP) is 2.86. The third kappa shape index (κ3) is 4.74. The Hall–Kier alpha value is -4.87. The van der Waals surface area contributed by atoms with Gasteiger partial charge in [-0.05, 0) is 12.1 Å². The zero-order valence-corrected chi connectivity index (χ0v) is 17.5. The number of non-ortho nitro benzene ring substituents is 1. The number of fused-ring (bicyclic) bond motifs is 1. The highest BCUT2D eigenvalue weighted by molar-refractivity contribution is 5.86. The van der Waals surface area contributed by atoms with Crippen LogP contribution in [0.1, 0.15) is 6.92 Å². The van der Waals surface area contributed by atoms with Crippen molar-refractivity contribution in [2.45, 2.75) is 6.92 Å². The maximum atomic E-state index is 11.8. The van der Waals surface area contributed by atoms with Gasteiger partial charge >= 0.3 is 5.95 Å². The van der Waals surface area contributed by atoms with Crippen LogP contribution in [-0.4, -0.2) is 38.1 Å². The maximum absolute atomic E-state index is 11.8. The van der Waals surface area contributed by atoms with E-state index in [1.54, 1.807) is 49.7 Å². The number of hydrogen-bond acceptors (Lipinski definition) is 10. The number of anilines is 1. The number of hydrogen-bond donors (Lipinski definition) is 1. The van der Waals surface area contributed by atoms with Gasteiger partial charge in [0.1, 0.15) is 11.4 Å². The zero-order valence-electron chi connectivity index (χ0n) is 17.5. The maximum Gasteiger partial charge on any atom is 0.301 e. The molecule has 4 rings (SSSR count). The Bertz CT molecular complexity index is 1330. The number of amides is 1. The molecular formula is C21H17N7O5. The number of carbonyl (C=O) groups excluding carboxylic acids is 1. The molecule has 2 heterocycles. The number of rotatable bonds is 7. The first-order valence-electron chi connectivity index (χ1n) is 9.57. The summed E-state index contributed by atoms with van der Waals surface area (Å²) in [6, 6.07) is 12.8. The fourth-order valence-corrected chi connectivity index (χ4v) is 2.94. The molecule has 2 aromatic carbocycles. The van der Waals surface area contributed by atoms with Crippen LogP contribution in [0.2, 0.25) is 0 Å². The summed E-state index contributed by atoms with van der Waals surface area (Å²) in [6.07, 6.45) is 2.92. The predicted molar refractivity (Wildman–Crippen MR) is 117 cm³/mol. The summed E-state index contributed by atoms with van der Waals surface area (Å²) in [5, 5.41) is 20.7. The number of nitrogens with one attached hydrogen (secondary N) is 1. The lowest BCUT2D eigenvalue weighted by molar-refractivity contribution is -0.384. The molecule has 0 radical (unpaired) electrons. The van der Waals surface area contributed by atoms with E-state index in [9.17, 15) is 14.9 Å². The molecule has 0 aliphatic carbocycles. The van der Waals surface area contributed by atoms with Crippen LogP contribution in [-0.2, 0) is 4.79 Å². The second-order valence-electron chi connectivity index (χ2n) is 6.70. The third-order valence-electron chi connectivity index (χ3n) is 4.44. The van der Waals surface area contributed by atoms with Crippen molar-refractivity contribution in [3.8, 4) is 22.8 Å². The van der Waals surface area contributed by atoms with Gasteiger partial charge in [0, 0.05) is 48.3 Å². The van der Waals surface area contributed by atoms with Gasteiger partial charge in [-0.3, -0.25) is 19.9 Å². The Morgan fingerprint density at radius 2 is 1.97 bits per heavy atom. The average molecular weight is 447 g/mol. The van der Waals surface area contributed by atoms with Crippen molar-refractivity contribution in [2.75, 3.05) is 12.3 Å². The fraction of sp³-hybridized carbons (Fsp3) is 0.0952. The van der Waals surface area contributed by atoms with E-state index in [1.807, 2.05) is 0 Å². The van der Waals surface area contributed by atoms with Gasteiger partial charge in [-0.2, -0.15) is 0 Å². The number of ether oxygens (including phenoxy) is 1. The van der Waals surface area contributed by atoms with Gasteiger partial charge in [0.05, 0.1) is 23.7 Å². The normalized spacial score (nSPS) is 10.5. The van der Waals surface area contributed by atoms with Crippen LogP contribution in [0.25, 0.3) is 22.2 Å². The van der Waals surface area contributed by atoms with Crippen LogP contribution in [0.15, 0.2) is 60.9 Å². The first-order valence-corrected chi connectivity index (χ1v) is 9.57. The van der Waals surface area contributed by atoms with E-state index in [1.165, 1.54) is 25.3 Å². The Morgan fingerprint density at radius 3 is 2.67 bits per heavy atom. The first-order chi connectivity index (χ1) is 15.9. The Labute approximate surface area is 186 Å². The van der Waals surface area contributed by atoms with E-state index in [0.29, 0.717) is 33.7 Å². The third-order valence-corrected chi connectivity index (χ3v) is 4.44. The largest absolute Gasteiger partial charge is 0.497 e. The van der Waals surface area contributed by atoms with Crippen LogP contribution >= 0.6 is 0 Å². The summed E-state index contributed by atoms with van der Waals surface area (Å²) in [4.78, 5) is 36.6. The molecule has 0 unspecified atom stereocenters. The lowest BCUT2D eigenvalue weighted by atomic mass is 10.1. The molecule has 166 valence electrons. The number of benzene rings is 2. The molecule has 33 heavy (non-hydrogen) atoms. The Morgan fingerprint density at radius 1 is 1.12 bits per heavy atom. The zero-order chi connectivity index (χ0) is 23.4. The lowest BCUT2D eigenvalue weighted by Crippen LogP contribution is -2.45. The van der Waals surface area contributed by atoms with Crippen molar-refractivity contribution < 1.29 is 19.3 Å². The molecule has 12 heteroatoms. The fourth-order valence-electron chi connectivity index (χ4n) is 2.94. The van der Waals surface area contributed by atoms with Crippen molar-refractivity contribution in [3.05, 3.63) is 71.0 Å². The van der Waals surface area contributed by atoms with E-state index in [2.05, 4.69) is 25.6 Å². The molecule has 0 fully saturated rings. The summed E-state index contributed by atoms with van der Waals surface area (Å²) in [5.41, 5.74) is 3.81. The van der Waals surface area contributed by atoms with Crippen LogP contribution < -0.4 is 20.2 Å². The number of pyridine rings is 1. The van der Waals surface area contributed by atoms with E-state index < -0.39 is 10.8 Å².